The summed E-state index contributed by atoms with van der Waals surface area (Å²) in [5.41, 5.74) is 0.787. The first-order valence-corrected chi connectivity index (χ1v) is 7.19. The number of nitrogens with one attached hydrogen (secondary N) is 1. The molecular weight excluding hydrogens is 286 g/mol. The minimum Gasteiger partial charge on any atom is -0.497 e. The van der Waals surface area contributed by atoms with Gasteiger partial charge in [0.2, 0.25) is 5.91 Å². The summed E-state index contributed by atoms with van der Waals surface area (Å²) in [5.74, 6) is -0.808. The lowest BCUT2D eigenvalue weighted by Gasteiger charge is -2.21. The highest BCUT2D eigenvalue weighted by molar-refractivity contribution is 5.84. The van der Waals surface area contributed by atoms with Gasteiger partial charge in [-0.25, -0.2) is 4.79 Å². The number of aliphatic hydroxyl groups excluding tert-OH is 1. The zero-order chi connectivity index (χ0) is 16.7. The van der Waals surface area contributed by atoms with Crippen molar-refractivity contribution in [2.24, 2.45) is 0 Å². The first-order chi connectivity index (χ1) is 10.4. The van der Waals surface area contributed by atoms with Gasteiger partial charge in [-0.2, -0.15) is 0 Å². The predicted molar refractivity (Wildman–Crippen MR) is 81.7 cm³/mol. The number of carbonyl (C=O) groups excluding carboxylic acids is 2. The molecule has 122 valence electrons. The SMILES string of the molecule is CCOC(=O)C(O)C(C)NC(=O)C(C)c1cccc(OC)c1. The summed E-state index contributed by atoms with van der Waals surface area (Å²) in [5, 5.41) is 12.4. The van der Waals surface area contributed by atoms with Crippen LogP contribution < -0.4 is 10.1 Å². The maximum atomic E-state index is 12.2. The van der Waals surface area contributed by atoms with Crippen molar-refractivity contribution in [2.45, 2.75) is 38.8 Å². The number of hydrogen-bond acceptors (Lipinski definition) is 5. The molecule has 0 saturated heterocycles. The second-order valence-electron chi connectivity index (χ2n) is 4.99. The third-order valence-electron chi connectivity index (χ3n) is 3.36. The molecule has 0 radical (unpaired) electrons. The molecule has 1 amide bonds. The molecule has 0 spiro atoms. The number of amides is 1. The Kier molecular flexibility index (Phi) is 6.85. The summed E-state index contributed by atoms with van der Waals surface area (Å²) in [6.45, 7) is 5.13. The van der Waals surface area contributed by atoms with Crippen LogP contribution in [-0.4, -0.2) is 42.8 Å². The molecule has 22 heavy (non-hydrogen) atoms. The van der Waals surface area contributed by atoms with Gasteiger partial charge in [-0.1, -0.05) is 12.1 Å². The maximum absolute atomic E-state index is 12.2. The molecule has 1 rings (SSSR count). The van der Waals surface area contributed by atoms with Crippen LogP contribution in [0.3, 0.4) is 0 Å². The molecule has 0 heterocycles. The molecule has 0 aliphatic rings. The van der Waals surface area contributed by atoms with Crippen LogP contribution in [0.25, 0.3) is 0 Å². The van der Waals surface area contributed by atoms with Gasteiger partial charge in [0, 0.05) is 0 Å². The molecule has 1 aromatic carbocycles. The fourth-order valence-corrected chi connectivity index (χ4v) is 1.92. The van der Waals surface area contributed by atoms with Gasteiger partial charge >= 0.3 is 5.97 Å². The van der Waals surface area contributed by atoms with E-state index in [1.54, 1.807) is 46.1 Å². The Labute approximate surface area is 130 Å². The van der Waals surface area contributed by atoms with E-state index in [0.717, 1.165) is 5.56 Å². The molecule has 0 aromatic heterocycles. The van der Waals surface area contributed by atoms with Crippen molar-refractivity contribution in [2.75, 3.05) is 13.7 Å². The second kappa shape index (κ2) is 8.38. The van der Waals surface area contributed by atoms with Crippen molar-refractivity contribution >= 4 is 11.9 Å². The van der Waals surface area contributed by atoms with Crippen LogP contribution in [0.4, 0.5) is 0 Å². The summed E-state index contributed by atoms with van der Waals surface area (Å²) in [4.78, 5) is 23.7. The first kappa shape index (κ1) is 18.0. The van der Waals surface area contributed by atoms with Crippen LogP contribution in [0.15, 0.2) is 24.3 Å². The quantitative estimate of drug-likeness (QED) is 0.740. The van der Waals surface area contributed by atoms with Crippen LogP contribution in [0.2, 0.25) is 0 Å². The highest BCUT2D eigenvalue weighted by Gasteiger charge is 2.27. The van der Waals surface area contributed by atoms with Crippen molar-refractivity contribution in [3.05, 3.63) is 29.8 Å². The molecule has 6 nitrogen and oxygen atoms in total. The van der Waals surface area contributed by atoms with E-state index < -0.39 is 24.0 Å². The van der Waals surface area contributed by atoms with Crippen molar-refractivity contribution < 1.29 is 24.2 Å². The number of aliphatic hydroxyl groups is 1. The van der Waals surface area contributed by atoms with Crippen LogP contribution in [0, 0.1) is 0 Å². The molecule has 0 saturated carbocycles. The number of benzene rings is 1. The summed E-state index contributed by atoms with van der Waals surface area (Å²) >= 11 is 0. The Morgan fingerprint density at radius 2 is 2.00 bits per heavy atom. The average molecular weight is 309 g/mol. The summed E-state index contributed by atoms with van der Waals surface area (Å²) in [6.07, 6.45) is -1.39. The third kappa shape index (κ3) is 4.73. The summed E-state index contributed by atoms with van der Waals surface area (Å²) in [6, 6.07) is 6.45. The van der Waals surface area contributed by atoms with Gasteiger partial charge in [0.15, 0.2) is 6.10 Å². The zero-order valence-corrected chi connectivity index (χ0v) is 13.3. The predicted octanol–water partition coefficient (Wildman–Crippen LogP) is 1.23. The maximum Gasteiger partial charge on any atom is 0.337 e. The van der Waals surface area contributed by atoms with Gasteiger partial charge in [0.05, 0.1) is 25.7 Å². The van der Waals surface area contributed by atoms with E-state index in [2.05, 4.69) is 5.32 Å². The van der Waals surface area contributed by atoms with Crippen LogP contribution in [-0.2, 0) is 14.3 Å². The second-order valence-corrected chi connectivity index (χ2v) is 4.99. The van der Waals surface area contributed by atoms with Gasteiger partial charge in [-0.15, -0.1) is 0 Å². The lowest BCUT2D eigenvalue weighted by atomic mass is 9.99. The Hall–Kier alpha value is -2.08. The van der Waals surface area contributed by atoms with E-state index in [4.69, 9.17) is 9.47 Å². The van der Waals surface area contributed by atoms with Gasteiger partial charge in [-0.05, 0) is 38.5 Å². The van der Waals surface area contributed by atoms with E-state index in [9.17, 15) is 14.7 Å². The molecule has 0 aliphatic carbocycles. The monoisotopic (exact) mass is 309 g/mol. The largest absolute Gasteiger partial charge is 0.497 e. The number of rotatable bonds is 7. The minimum atomic E-state index is -1.39. The third-order valence-corrected chi connectivity index (χ3v) is 3.36. The number of carbonyl (C=O) groups is 2. The number of hydrogen-bond donors (Lipinski definition) is 2. The van der Waals surface area contributed by atoms with Gasteiger partial charge in [0.1, 0.15) is 5.75 Å². The Morgan fingerprint density at radius 1 is 1.32 bits per heavy atom. The number of esters is 1. The van der Waals surface area contributed by atoms with Crippen LogP contribution >= 0.6 is 0 Å². The Morgan fingerprint density at radius 3 is 2.59 bits per heavy atom. The fraction of sp³-hybridized carbons (Fsp3) is 0.500. The van der Waals surface area contributed by atoms with Crippen molar-refractivity contribution in [1.29, 1.82) is 0 Å². The van der Waals surface area contributed by atoms with Crippen molar-refractivity contribution in [3.8, 4) is 5.75 Å². The molecule has 2 N–H and O–H groups in total. The number of methoxy groups -OCH3 is 1. The molecule has 0 fully saturated rings. The summed E-state index contributed by atoms with van der Waals surface area (Å²) < 4.78 is 9.85. The number of ether oxygens (including phenoxy) is 2. The van der Waals surface area contributed by atoms with Crippen molar-refractivity contribution in [3.63, 3.8) is 0 Å². The Balaban J connectivity index is 2.68. The lowest BCUT2D eigenvalue weighted by Crippen LogP contribution is -2.46. The molecule has 6 heteroatoms. The molecule has 1 aromatic rings. The van der Waals surface area contributed by atoms with E-state index >= 15 is 0 Å². The normalized spacial score (nSPS) is 14.6. The van der Waals surface area contributed by atoms with Crippen LogP contribution in [0.1, 0.15) is 32.3 Å². The Bertz CT molecular complexity index is 517. The van der Waals surface area contributed by atoms with E-state index in [-0.39, 0.29) is 12.5 Å². The standard InChI is InChI=1S/C16H23NO5/c1-5-22-16(20)14(18)11(3)17-15(19)10(2)12-7-6-8-13(9-12)21-4/h6-11,14,18H,5H2,1-4H3,(H,17,19). The molecular formula is C16H23NO5. The van der Waals surface area contributed by atoms with Crippen LogP contribution in [0.5, 0.6) is 5.75 Å². The highest BCUT2D eigenvalue weighted by Crippen LogP contribution is 2.20. The molecule has 3 unspecified atom stereocenters. The molecule has 0 aliphatic heterocycles. The van der Waals surface area contributed by atoms with Gasteiger partial charge in [0.25, 0.3) is 0 Å². The van der Waals surface area contributed by atoms with E-state index in [1.165, 1.54) is 0 Å². The minimum absolute atomic E-state index is 0.177. The van der Waals surface area contributed by atoms with Gasteiger partial charge in [-0.3, -0.25) is 4.79 Å². The first-order valence-electron chi connectivity index (χ1n) is 7.19. The zero-order valence-electron chi connectivity index (χ0n) is 13.3. The molecule has 3 atom stereocenters. The fourth-order valence-electron chi connectivity index (χ4n) is 1.92. The summed E-state index contributed by atoms with van der Waals surface area (Å²) in [7, 11) is 1.56. The lowest BCUT2D eigenvalue weighted by molar-refractivity contribution is -0.154. The highest BCUT2D eigenvalue weighted by atomic mass is 16.5. The van der Waals surface area contributed by atoms with Gasteiger partial charge < -0.3 is 19.9 Å². The average Bonchev–Trinajstić information content (AvgIpc) is 2.53. The van der Waals surface area contributed by atoms with E-state index in [1.807, 2.05) is 6.07 Å². The van der Waals surface area contributed by atoms with Crippen molar-refractivity contribution in [1.82, 2.24) is 5.32 Å². The topological polar surface area (TPSA) is 84.9 Å². The van der Waals surface area contributed by atoms with E-state index in [0.29, 0.717) is 5.75 Å². The molecule has 0 bridgehead atoms. The smallest absolute Gasteiger partial charge is 0.337 e.